The number of rotatable bonds is 7. The Hall–Kier alpha value is -4.92. The number of hydrogen-bond acceptors (Lipinski definition) is 6. The molecule has 0 fully saturated rings. The number of aryl methyl sites for hydroxylation is 1. The lowest BCUT2D eigenvalue weighted by Gasteiger charge is -2.19. The molecular weight excluding hydrogens is 508 g/mol. The van der Waals surface area contributed by atoms with E-state index in [0.29, 0.717) is 22.6 Å². The van der Waals surface area contributed by atoms with E-state index in [-0.39, 0.29) is 34.0 Å². The molecule has 9 heteroatoms. The minimum absolute atomic E-state index is 0.00212. The molecule has 0 unspecified atom stereocenters. The SMILES string of the molecule is COc1cc(Nc2nc(-c3cccc(NC(=O)c4ccc(C(C)(C)C)cc4)c3C)cn(C)c2=O)ccc1C(=O)O. The number of anilines is 3. The van der Waals surface area contributed by atoms with Crippen LogP contribution in [0.5, 0.6) is 5.75 Å². The maximum atomic E-state index is 13.0. The highest BCUT2D eigenvalue weighted by Gasteiger charge is 2.17. The van der Waals surface area contributed by atoms with E-state index in [4.69, 9.17) is 4.74 Å². The third-order valence-corrected chi connectivity index (χ3v) is 6.64. The highest BCUT2D eigenvalue weighted by Crippen LogP contribution is 2.29. The van der Waals surface area contributed by atoms with E-state index >= 15 is 0 Å². The summed E-state index contributed by atoms with van der Waals surface area (Å²) in [4.78, 5) is 41.9. The van der Waals surface area contributed by atoms with Gasteiger partial charge in [0.15, 0.2) is 5.82 Å². The van der Waals surface area contributed by atoms with Crippen LogP contribution in [0.2, 0.25) is 0 Å². The van der Waals surface area contributed by atoms with Gasteiger partial charge in [-0.2, -0.15) is 0 Å². The number of methoxy groups -OCH3 is 1. The fourth-order valence-corrected chi connectivity index (χ4v) is 4.26. The van der Waals surface area contributed by atoms with Gasteiger partial charge < -0.3 is 25.0 Å². The maximum absolute atomic E-state index is 13.0. The summed E-state index contributed by atoms with van der Waals surface area (Å²) in [5, 5.41) is 15.3. The van der Waals surface area contributed by atoms with Gasteiger partial charge in [0.1, 0.15) is 11.3 Å². The summed E-state index contributed by atoms with van der Waals surface area (Å²) in [6.07, 6.45) is 1.63. The van der Waals surface area contributed by atoms with Crippen LogP contribution < -0.4 is 20.9 Å². The summed E-state index contributed by atoms with van der Waals surface area (Å²) in [6.45, 7) is 8.24. The van der Waals surface area contributed by atoms with Crippen molar-refractivity contribution in [2.75, 3.05) is 17.7 Å². The number of carboxylic acids is 1. The zero-order valence-electron chi connectivity index (χ0n) is 23.3. The van der Waals surface area contributed by atoms with Crippen molar-refractivity contribution >= 4 is 29.1 Å². The van der Waals surface area contributed by atoms with Crippen LogP contribution in [-0.2, 0) is 12.5 Å². The molecule has 4 rings (SSSR count). The molecule has 1 aromatic heterocycles. The van der Waals surface area contributed by atoms with Crippen molar-refractivity contribution in [1.82, 2.24) is 9.55 Å². The summed E-state index contributed by atoms with van der Waals surface area (Å²) in [6, 6.07) is 17.5. The second-order valence-corrected chi connectivity index (χ2v) is 10.5. The number of benzene rings is 3. The van der Waals surface area contributed by atoms with Crippen LogP contribution in [0.4, 0.5) is 17.2 Å². The molecule has 9 nitrogen and oxygen atoms in total. The molecule has 1 amide bonds. The molecule has 0 aliphatic heterocycles. The van der Waals surface area contributed by atoms with Gasteiger partial charge in [0.2, 0.25) is 0 Å². The van der Waals surface area contributed by atoms with Crippen molar-refractivity contribution in [2.45, 2.75) is 33.1 Å². The standard InChI is InChI=1S/C31H32N4O5/c1-18-22(8-7-9-24(18)34-28(36)19-10-12-20(13-11-19)31(2,3)4)25-17-35(5)29(37)27(33-25)32-21-14-15-23(30(38)39)26(16-21)40-6/h7-17H,1-6H3,(H,32,33)(H,34,36)(H,38,39). The van der Waals surface area contributed by atoms with Crippen molar-refractivity contribution in [3.8, 4) is 17.0 Å². The number of carboxylic acid groups (broad SMARTS) is 1. The van der Waals surface area contributed by atoms with Crippen LogP contribution in [0.3, 0.4) is 0 Å². The lowest BCUT2D eigenvalue weighted by molar-refractivity contribution is 0.0693. The van der Waals surface area contributed by atoms with Gasteiger partial charge in [0, 0.05) is 41.8 Å². The van der Waals surface area contributed by atoms with E-state index in [2.05, 4.69) is 36.4 Å². The maximum Gasteiger partial charge on any atom is 0.339 e. The second-order valence-electron chi connectivity index (χ2n) is 10.5. The molecular formula is C31H32N4O5. The normalized spacial score (nSPS) is 11.2. The molecule has 0 bridgehead atoms. The lowest BCUT2D eigenvalue weighted by Crippen LogP contribution is -2.21. The average molecular weight is 541 g/mol. The number of carbonyl (C=O) groups excluding carboxylic acids is 1. The van der Waals surface area contributed by atoms with E-state index in [1.54, 1.807) is 13.2 Å². The summed E-state index contributed by atoms with van der Waals surface area (Å²) >= 11 is 0. The molecule has 0 atom stereocenters. The molecule has 206 valence electrons. The van der Waals surface area contributed by atoms with E-state index < -0.39 is 5.97 Å². The number of nitrogens with one attached hydrogen (secondary N) is 2. The van der Waals surface area contributed by atoms with Crippen LogP contribution in [0, 0.1) is 6.92 Å². The summed E-state index contributed by atoms with van der Waals surface area (Å²) in [5.41, 5.74) is 4.42. The van der Waals surface area contributed by atoms with Gasteiger partial charge >= 0.3 is 5.97 Å². The third-order valence-electron chi connectivity index (χ3n) is 6.64. The zero-order valence-corrected chi connectivity index (χ0v) is 23.3. The number of nitrogens with zero attached hydrogens (tertiary/aromatic N) is 2. The molecule has 40 heavy (non-hydrogen) atoms. The number of amides is 1. The molecule has 0 radical (unpaired) electrons. The molecule has 0 spiro atoms. The fraction of sp³-hybridized carbons (Fsp3) is 0.226. The van der Waals surface area contributed by atoms with Gasteiger partial charge in [0.05, 0.1) is 12.8 Å². The largest absolute Gasteiger partial charge is 0.496 e. The topological polar surface area (TPSA) is 123 Å². The lowest BCUT2D eigenvalue weighted by atomic mass is 9.86. The van der Waals surface area contributed by atoms with Gasteiger partial charge in [-0.15, -0.1) is 0 Å². The first kappa shape index (κ1) is 28.1. The Morgan fingerprint density at radius 2 is 1.73 bits per heavy atom. The van der Waals surface area contributed by atoms with Crippen molar-refractivity contribution in [3.05, 3.63) is 99.5 Å². The van der Waals surface area contributed by atoms with Crippen LogP contribution in [0.15, 0.2) is 71.7 Å². The fourth-order valence-electron chi connectivity index (χ4n) is 4.26. The summed E-state index contributed by atoms with van der Waals surface area (Å²) in [5.74, 6) is -1.14. The Morgan fingerprint density at radius 3 is 2.35 bits per heavy atom. The predicted octanol–water partition coefficient (Wildman–Crippen LogP) is 5.76. The van der Waals surface area contributed by atoms with Gasteiger partial charge in [-0.3, -0.25) is 9.59 Å². The molecule has 3 aromatic carbocycles. The Bertz CT molecular complexity index is 1650. The van der Waals surface area contributed by atoms with Crippen LogP contribution in [-0.4, -0.2) is 33.6 Å². The van der Waals surface area contributed by atoms with Crippen molar-refractivity contribution in [1.29, 1.82) is 0 Å². The highest BCUT2D eigenvalue weighted by molar-refractivity contribution is 6.05. The molecule has 3 N–H and O–H groups in total. The molecule has 4 aromatic rings. The summed E-state index contributed by atoms with van der Waals surface area (Å²) < 4.78 is 6.60. The number of aromatic nitrogens is 2. The molecule has 0 saturated carbocycles. The van der Waals surface area contributed by atoms with Crippen molar-refractivity contribution < 1.29 is 19.4 Å². The third kappa shape index (κ3) is 5.88. The smallest absolute Gasteiger partial charge is 0.339 e. The molecule has 0 saturated heterocycles. The second kappa shape index (κ2) is 11.1. The van der Waals surface area contributed by atoms with Gasteiger partial charge in [-0.25, -0.2) is 9.78 Å². The number of hydrogen-bond donors (Lipinski definition) is 3. The predicted molar refractivity (Wildman–Crippen MR) is 156 cm³/mol. The Kier molecular flexibility index (Phi) is 7.77. The first-order chi connectivity index (χ1) is 18.9. The number of aromatic carboxylic acids is 1. The average Bonchev–Trinajstić information content (AvgIpc) is 2.91. The quantitative estimate of drug-likeness (QED) is 0.273. The zero-order chi connectivity index (χ0) is 29.2. The van der Waals surface area contributed by atoms with E-state index in [1.807, 2.05) is 49.4 Å². The van der Waals surface area contributed by atoms with Crippen LogP contribution in [0.1, 0.15) is 52.6 Å². The van der Waals surface area contributed by atoms with Crippen molar-refractivity contribution in [2.24, 2.45) is 7.05 Å². The number of carbonyl (C=O) groups is 2. The minimum atomic E-state index is -1.12. The Labute approximate surface area is 232 Å². The first-order valence-electron chi connectivity index (χ1n) is 12.7. The summed E-state index contributed by atoms with van der Waals surface area (Å²) in [7, 11) is 2.99. The van der Waals surface area contributed by atoms with Gasteiger partial charge in [-0.05, 0) is 53.8 Å². The minimum Gasteiger partial charge on any atom is -0.496 e. The number of ether oxygens (including phenoxy) is 1. The monoisotopic (exact) mass is 540 g/mol. The Balaban J connectivity index is 1.64. The van der Waals surface area contributed by atoms with Gasteiger partial charge in [-0.1, -0.05) is 45.0 Å². The van der Waals surface area contributed by atoms with E-state index in [1.165, 1.54) is 29.9 Å². The van der Waals surface area contributed by atoms with Crippen molar-refractivity contribution in [3.63, 3.8) is 0 Å². The molecule has 1 heterocycles. The first-order valence-corrected chi connectivity index (χ1v) is 12.7. The van der Waals surface area contributed by atoms with E-state index in [0.717, 1.165) is 16.7 Å². The Morgan fingerprint density at radius 1 is 1.02 bits per heavy atom. The van der Waals surface area contributed by atoms with Crippen LogP contribution >= 0.6 is 0 Å². The highest BCUT2D eigenvalue weighted by atomic mass is 16.5. The molecule has 0 aliphatic rings. The van der Waals surface area contributed by atoms with Crippen LogP contribution in [0.25, 0.3) is 11.3 Å². The van der Waals surface area contributed by atoms with Gasteiger partial charge in [0.25, 0.3) is 11.5 Å². The molecule has 0 aliphatic carbocycles. The van der Waals surface area contributed by atoms with E-state index in [9.17, 15) is 19.5 Å².